The van der Waals surface area contributed by atoms with Gasteiger partial charge in [0.05, 0.1) is 12.5 Å². The molecule has 5 nitrogen and oxygen atoms in total. The number of hydrogen-bond acceptors (Lipinski definition) is 4. The second-order valence-corrected chi connectivity index (χ2v) is 3.86. The summed E-state index contributed by atoms with van der Waals surface area (Å²) in [4.78, 5) is 10.5. The van der Waals surface area contributed by atoms with E-state index >= 15 is 0 Å². The zero-order chi connectivity index (χ0) is 9.78. The van der Waals surface area contributed by atoms with Crippen molar-refractivity contribution >= 4 is 16.1 Å². The topological polar surface area (TPSA) is 72.5 Å². The second-order valence-electron chi connectivity index (χ2n) is 2.33. The Hall–Kier alpha value is -1.04. The summed E-state index contributed by atoms with van der Waals surface area (Å²) in [6, 6.07) is 0. The van der Waals surface area contributed by atoms with Gasteiger partial charge < -0.3 is 4.74 Å². The largest absolute Gasteiger partial charge is 0.452 e. The summed E-state index contributed by atoms with van der Waals surface area (Å²) in [5, 5.41) is 0.948. The lowest BCUT2D eigenvalue weighted by Gasteiger charge is -2.00. The molecule has 0 saturated carbocycles. The van der Waals surface area contributed by atoms with E-state index < -0.39 is 16.1 Å². The van der Waals surface area contributed by atoms with Gasteiger partial charge in [-0.2, -0.15) is 0 Å². The fraction of sp³-hybridized carbons (Fsp3) is 0.500. The Bertz CT molecular complexity index is 287. The normalized spacial score (nSPS) is 10.2. The van der Waals surface area contributed by atoms with Crippen molar-refractivity contribution in [2.24, 2.45) is 0 Å². The summed E-state index contributed by atoms with van der Waals surface area (Å²) >= 11 is 0. The quantitative estimate of drug-likeness (QED) is 0.696. The van der Waals surface area contributed by atoms with Crippen LogP contribution in [-0.2, 0) is 14.8 Å². The van der Waals surface area contributed by atoms with Gasteiger partial charge in [0.1, 0.15) is 0 Å². The Kier molecular flexibility index (Phi) is 3.75. The first-order valence-electron chi connectivity index (χ1n) is 3.13. The van der Waals surface area contributed by atoms with E-state index in [1.165, 1.54) is 0 Å². The van der Waals surface area contributed by atoms with E-state index in [0.29, 0.717) is 5.57 Å². The Labute approximate surface area is 71.5 Å². The number of sulfonamides is 1. The highest BCUT2D eigenvalue weighted by molar-refractivity contribution is 7.92. The Morgan fingerprint density at radius 2 is 1.92 bits per heavy atom. The lowest BCUT2D eigenvalue weighted by atomic mass is 10.4. The minimum atomic E-state index is -3.68. The van der Waals surface area contributed by atoms with E-state index in [0.717, 1.165) is 12.5 Å². The molecule has 0 aliphatic carbocycles. The first-order chi connectivity index (χ1) is 5.37. The third kappa shape index (κ3) is 4.73. The summed E-state index contributed by atoms with van der Waals surface area (Å²) < 4.78 is 27.6. The number of hydrogen-bond donors (Lipinski definition) is 1. The monoisotopic (exact) mass is 193 g/mol. The number of rotatable bonds is 2. The molecule has 0 saturated heterocycles. The zero-order valence-corrected chi connectivity index (χ0v) is 7.94. The van der Waals surface area contributed by atoms with Crippen molar-refractivity contribution in [1.82, 2.24) is 4.72 Å². The van der Waals surface area contributed by atoms with Crippen LogP contribution in [0, 0.1) is 0 Å². The first-order valence-corrected chi connectivity index (χ1v) is 4.67. The van der Waals surface area contributed by atoms with Crippen LogP contribution in [0.15, 0.2) is 11.0 Å². The minimum Gasteiger partial charge on any atom is -0.452 e. The molecule has 0 radical (unpaired) electrons. The standard InChI is InChI=1S/C6H11NO4S/c1-5(2)4-12(9,10)7-6(8)11-3/h4H,1-3H3,(H,7,8). The van der Waals surface area contributed by atoms with Crippen LogP contribution in [0.2, 0.25) is 0 Å². The van der Waals surface area contributed by atoms with E-state index in [2.05, 4.69) is 4.74 Å². The van der Waals surface area contributed by atoms with Crippen molar-refractivity contribution in [3.63, 3.8) is 0 Å². The van der Waals surface area contributed by atoms with E-state index in [4.69, 9.17) is 0 Å². The molecule has 0 aromatic rings. The number of nitrogens with one attached hydrogen (secondary N) is 1. The van der Waals surface area contributed by atoms with Gasteiger partial charge in [-0.05, 0) is 13.8 Å². The lowest BCUT2D eigenvalue weighted by molar-refractivity contribution is 0.178. The van der Waals surface area contributed by atoms with Crippen LogP contribution >= 0.6 is 0 Å². The Morgan fingerprint density at radius 1 is 1.42 bits per heavy atom. The maximum atomic E-state index is 10.9. The predicted octanol–water partition coefficient (Wildman–Crippen LogP) is 0.596. The number of carbonyl (C=O) groups is 1. The highest BCUT2D eigenvalue weighted by Crippen LogP contribution is 1.95. The van der Waals surface area contributed by atoms with Gasteiger partial charge in [-0.25, -0.2) is 17.9 Å². The maximum Gasteiger partial charge on any atom is 0.420 e. The van der Waals surface area contributed by atoms with Crippen LogP contribution in [0.3, 0.4) is 0 Å². The average Bonchev–Trinajstić information content (AvgIpc) is 1.83. The SMILES string of the molecule is COC(=O)NS(=O)(=O)C=C(C)C. The van der Waals surface area contributed by atoms with Crippen molar-refractivity contribution in [3.8, 4) is 0 Å². The van der Waals surface area contributed by atoms with Gasteiger partial charge in [-0.1, -0.05) is 5.57 Å². The van der Waals surface area contributed by atoms with E-state index in [1.807, 2.05) is 0 Å². The fourth-order valence-corrected chi connectivity index (χ4v) is 1.49. The molecule has 0 aromatic heterocycles. The number of methoxy groups -OCH3 is 1. The molecule has 0 heterocycles. The van der Waals surface area contributed by atoms with Gasteiger partial charge in [-0.15, -0.1) is 0 Å². The van der Waals surface area contributed by atoms with Gasteiger partial charge in [-0.3, -0.25) is 0 Å². The van der Waals surface area contributed by atoms with E-state index in [9.17, 15) is 13.2 Å². The summed E-state index contributed by atoms with van der Waals surface area (Å²) in [7, 11) is -2.59. The third-order valence-corrected chi connectivity index (χ3v) is 2.03. The number of carbonyl (C=O) groups excluding carboxylic acids is 1. The van der Waals surface area contributed by atoms with E-state index in [1.54, 1.807) is 18.6 Å². The highest BCUT2D eigenvalue weighted by Gasteiger charge is 2.10. The fourth-order valence-electron chi connectivity index (χ4n) is 0.498. The summed E-state index contributed by atoms with van der Waals surface area (Å²) in [5.74, 6) is 0. The second kappa shape index (κ2) is 4.10. The smallest absolute Gasteiger partial charge is 0.420 e. The third-order valence-electron chi connectivity index (χ3n) is 0.802. The van der Waals surface area contributed by atoms with Crippen molar-refractivity contribution in [3.05, 3.63) is 11.0 Å². The number of amides is 1. The predicted molar refractivity (Wildman–Crippen MR) is 43.9 cm³/mol. The molecule has 70 valence electrons. The molecular weight excluding hydrogens is 182 g/mol. The molecule has 0 rings (SSSR count). The summed E-state index contributed by atoms with van der Waals surface area (Å²) in [6.07, 6.45) is -0.993. The average molecular weight is 193 g/mol. The molecular formula is C6H11NO4S. The van der Waals surface area contributed by atoms with Crippen molar-refractivity contribution in [1.29, 1.82) is 0 Å². The minimum absolute atomic E-state index is 0.575. The van der Waals surface area contributed by atoms with Crippen molar-refractivity contribution in [2.45, 2.75) is 13.8 Å². The number of allylic oxidation sites excluding steroid dienone is 1. The van der Waals surface area contributed by atoms with E-state index in [-0.39, 0.29) is 0 Å². The van der Waals surface area contributed by atoms with Crippen LogP contribution in [0.5, 0.6) is 0 Å². The highest BCUT2D eigenvalue weighted by atomic mass is 32.2. The molecule has 0 aliphatic heterocycles. The Morgan fingerprint density at radius 3 is 2.25 bits per heavy atom. The van der Waals surface area contributed by atoms with Crippen LogP contribution in [0.25, 0.3) is 0 Å². The molecule has 0 aliphatic rings. The van der Waals surface area contributed by atoms with Crippen LogP contribution in [0.1, 0.15) is 13.8 Å². The van der Waals surface area contributed by atoms with Crippen molar-refractivity contribution < 1.29 is 17.9 Å². The van der Waals surface area contributed by atoms with Gasteiger partial charge in [0.25, 0.3) is 10.0 Å². The summed E-state index contributed by atoms with van der Waals surface area (Å²) in [5.41, 5.74) is 0.575. The van der Waals surface area contributed by atoms with Gasteiger partial charge in [0.2, 0.25) is 0 Å². The van der Waals surface area contributed by atoms with Gasteiger partial charge in [0.15, 0.2) is 0 Å². The van der Waals surface area contributed by atoms with Crippen LogP contribution < -0.4 is 4.72 Å². The van der Waals surface area contributed by atoms with Gasteiger partial charge >= 0.3 is 6.09 Å². The molecule has 0 unspecified atom stereocenters. The molecule has 0 fully saturated rings. The number of ether oxygens (including phenoxy) is 1. The van der Waals surface area contributed by atoms with Crippen molar-refractivity contribution in [2.75, 3.05) is 7.11 Å². The van der Waals surface area contributed by atoms with Crippen LogP contribution in [-0.4, -0.2) is 21.6 Å². The maximum absolute atomic E-state index is 10.9. The Balaban J connectivity index is 4.46. The first kappa shape index (κ1) is 11.0. The lowest BCUT2D eigenvalue weighted by Crippen LogP contribution is -2.28. The molecule has 1 N–H and O–H groups in total. The summed E-state index contributed by atoms with van der Waals surface area (Å²) in [6.45, 7) is 3.22. The molecule has 0 bridgehead atoms. The molecule has 1 amide bonds. The molecule has 6 heteroatoms. The molecule has 12 heavy (non-hydrogen) atoms. The zero-order valence-electron chi connectivity index (χ0n) is 7.12. The van der Waals surface area contributed by atoms with Gasteiger partial charge in [0, 0.05) is 0 Å². The molecule has 0 atom stereocenters. The molecule has 0 spiro atoms. The molecule has 0 aromatic carbocycles. The van der Waals surface area contributed by atoms with Crippen LogP contribution in [0.4, 0.5) is 4.79 Å².